The molecule has 0 radical (unpaired) electrons. The summed E-state index contributed by atoms with van der Waals surface area (Å²) in [5.74, 6) is -5.66. The minimum absolute atomic E-state index is 0.0809. The van der Waals surface area contributed by atoms with Crippen LogP contribution in [0.25, 0.3) is 0 Å². The number of allylic oxidation sites excluding steroid dienone is 2. The maximum Gasteiger partial charge on any atom is 0.455 e. The summed E-state index contributed by atoms with van der Waals surface area (Å²) in [6, 6.07) is 5.06. The van der Waals surface area contributed by atoms with Crippen LogP contribution in [0.5, 0.6) is 0 Å². The highest BCUT2D eigenvalue weighted by molar-refractivity contribution is 7.54. The topological polar surface area (TPSA) is 79.1 Å². The molecule has 0 aliphatic rings. The minimum Gasteiger partial charge on any atom is -0.504 e. The van der Waals surface area contributed by atoms with Crippen molar-refractivity contribution in [1.82, 2.24) is 0 Å². The van der Waals surface area contributed by atoms with Gasteiger partial charge >= 0.3 is 12.4 Å². The monoisotopic (exact) mass is 372 g/mol. The van der Waals surface area contributed by atoms with Gasteiger partial charge in [-0.3, -0.25) is 9.79 Å². The summed E-state index contributed by atoms with van der Waals surface area (Å²) in [7, 11) is 0. The van der Waals surface area contributed by atoms with E-state index in [0.717, 1.165) is 6.07 Å². The molecule has 0 spiro atoms. The summed E-state index contributed by atoms with van der Waals surface area (Å²) in [5.41, 5.74) is -2.50. The predicted octanol–water partition coefficient (Wildman–Crippen LogP) is 3.92. The van der Waals surface area contributed by atoms with Crippen molar-refractivity contribution in [2.24, 2.45) is 9.36 Å². The van der Waals surface area contributed by atoms with E-state index in [4.69, 9.17) is 5.11 Å². The van der Waals surface area contributed by atoms with Gasteiger partial charge in [-0.05, 0) is 12.1 Å². The average molecular weight is 372 g/mol. The Hall–Kier alpha value is -2.50. The van der Waals surface area contributed by atoms with Crippen molar-refractivity contribution in [3.05, 3.63) is 35.6 Å². The molecule has 0 atom stereocenters. The van der Waals surface area contributed by atoms with Crippen LogP contribution >= 0.6 is 0 Å². The van der Waals surface area contributed by atoms with Crippen LogP contribution in [0.3, 0.4) is 0 Å². The van der Waals surface area contributed by atoms with E-state index in [9.17, 15) is 35.3 Å². The van der Waals surface area contributed by atoms with Crippen LogP contribution in [0, 0.1) is 0 Å². The largest absolute Gasteiger partial charge is 0.504 e. The van der Waals surface area contributed by atoms with Gasteiger partial charge in [0.25, 0.3) is 5.78 Å². The Balaban J connectivity index is 3.45. The third kappa shape index (κ3) is 5.01. The molecule has 1 N–H and O–H groups in total. The number of ketones is 1. The molecule has 0 unspecified atom stereocenters. The second-order valence-electron chi connectivity index (χ2n) is 4.00. The smallest absolute Gasteiger partial charge is 0.455 e. The number of nitrogens with zero attached hydrogens (tertiary/aromatic N) is 2. The summed E-state index contributed by atoms with van der Waals surface area (Å²) >= 11 is -0.263. The van der Waals surface area contributed by atoms with Gasteiger partial charge in [0.2, 0.25) is 17.2 Å². The van der Waals surface area contributed by atoms with Crippen LogP contribution in [-0.4, -0.2) is 33.7 Å². The number of hydrogen-bond acceptors (Lipinski definition) is 5. The Morgan fingerprint density at radius 3 is 2.04 bits per heavy atom. The maximum absolute atomic E-state index is 12.4. The molecule has 0 aliphatic carbocycles. The van der Waals surface area contributed by atoms with E-state index in [1.54, 1.807) is 0 Å². The van der Waals surface area contributed by atoms with Gasteiger partial charge in [-0.2, -0.15) is 34.9 Å². The van der Waals surface area contributed by atoms with Gasteiger partial charge in [0.1, 0.15) is 5.69 Å². The lowest BCUT2D eigenvalue weighted by Crippen LogP contribution is -2.29. The number of Topliss-reactive ketones (excluding diaryl/α,β-unsaturated/α-hetero) is 1. The SMILES string of the molecule is O=S=Nc1ccccc1N=C/C(C(=O)C(F)(F)F)=C(\O)C(F)(F)F. The van der Waals surface area contributed by atoms with Gasteiger partial charge < -0.3 is 5.11 Å². The molecule has 0 aliphatic heterocycles. The van der Waals surface area contributed by atoms with E-state index in [2.05, 4.69) is 9.36 Å². The van der Waals surface area contributed by atoms with E-state index in [0.29, 0.717) is 0 Å². The second kappa shape index (κ2) is 7.38. The van der Waals surface area contributed by atoms with Crippen LogP contribution < -0.4 is 0 Å². The van der Waals surface area contributed by atoms with Crippen molar-refractivity contribution in [2.75, 3.05) is 0 Å². The van der Waals surface area contributed by atoms with Crippen LogP contribution in [0.4, 0.5) is 37.7 Å². The number of aliphatic hydroxyl groups excluding tert-OH is 1. The van der Waals surface area contributed by atoms with Gasteiger partial charge in [-0.15, -0.1) is 0 Å². The van der Waals surface area contributed by atoms with Crippen LogP contribution in [-0.2, 0) is 16.3 Å². The molecule has 0 aromatic heterocycles. The number of carbonyl (C=O) groups excluding carboxylic acids is 1. The fraction of sp³-hybridized carbons (Fsp3) is 0.167. The number of carbonyl (C=O) groups is 1. The Labute approximate surface area is 133 Å². The van der Waals surface area contributed by atoms with E-state index >= 15 is 0 Å². The number of rotatable bonds is 4. The van der Waals surface area contributed by atoms with Gasteiger partial charge in [0.05, 0.1) is 11.3 Å². The molecule has 1 aromatic carbocycles. The highest BCUT2D eigenvalue weighted by atomic mass is 32.1. The molecule has 1 rings (SSSR count). The molecule has 0 amide bonds. The van der Waals surface area contributed by atoms with E-state index in [1.165, 1.54) is 18.2 Å². The zero-order valence-corrected chi connectivity index (χ0v) is 12.0. The molecule has 0 heterocycles. The average Bonchev–Trinajstić information content (AvgIpc) is 2.47. The molecular weight excluding hydrogens is 366 g/mol. The van der Waals surface area contributed by atoms with Crippen LogP contribution in [0.1, 0.15) is 0 Å². The number of halogens is 6. The summed E-state index contributed by atoms with van der Waals surface area (Å²) in [5, 5.41) is 8.89. The first-order valence-corrected chi connectivity index (χ1v) is 6.43. The number of aliphatic hydroxyl groups is 1. The summed E-state index contributed by atoms with van der Waals surface area (Å²) in [6.07, 6.45) is -11.3. The normalized spacial score (nSPS) is 13.6. The van der Waals surface area contributed by atoms with E-state index in [-0.39, 0.29) is 29.1 Å². The Kier molecular flexibility index (Phi) is 6.01. The standard InChI is InChI=1S/C12H6F6N2O3S/c13-11(14,15)9(21)6(10(22)12(16,17)18)5-19-7-3-1-2-4-8(7)20-24-23/h1-5,21H/b9-6+,19-5?. The number of benzene rings is 1. The number of aliphatic imine (C=N–C) groups is 1. The molecule has 0 bridgehead atoms. The predicted molar refractivity (Wildman–Crippen MR) is 71.6 cm³/mol. The lowest BCUT2D eigenvalue weighted by atomic mass is 10.1. The van der Waals surface area contributed by atoms with E-state index in [1.807, 2.05) is 0 Å². The first-order valence-electron chi connectivity index (χ1n) is 5.73. The molecule has 5 nitrogen and oxygen atoms in total. The van der Waals surface area contributed by atoms with Gasteiger partial charge in [-0.25, -0.2) is 0 Å². The third-order valence-electron chi connectivity index (χ3n) is 2.38. The zero-order chi connectivity index (χ0) is 18.5. The fourth-order valence-corrected chi connectivity index (χ4v) is 1.59. The van der Waals surface area contributed by atoms with Crippen molar-refractivity contribution in [2.45, 2.75) is 12.4 Å². The first kappa shape index (κ1) is 19.5. The van der Waals surface area contributed by atoms with Crippen molar-refractivity contribution in [1.29, 1.82) is 0 Å². The highest BCUT2D eigenvalue weighted by Crippen LogP contribution is 2.31. The summed E-state index contributed by atoms with van der Waals surface area (Å²) in [6.45, 7) is 0. The Morgan fingerprint density at radius 2 is 1.58 bits per heavy atom. The molecule has 0 saturated heterocycles. The molecule has 130 valence electrons. The third-order valence-corrected chi connectivity index (χ3v) is 2.65. The molecule has 24 heavy (non-hydrogen) atoms. The van der Waals surface area contributed by atoms with Gasteiger partial charge in [-0.1, -0.05) is 12.1 Å². The molecule has 0 saturated carbocycles. The van der Waals surface area contributed by atoms with Crippen LogP contribution in [0.2, 0.25) is 0 Å². The lowest BCUT2D eigenvalue weighted by Gasteiger charge is -2.11. The first-order chi connectivity index (χ1) is 11.0. The van der Waals surface area contributed by atoms with Crippen molar-refractivity contribution in [3.63, 3.8) is 0 Å². The molecular formula is C12H6F6N2O3S. The quantitative estimate of drug-likeness (QED) is 0.377. The highest BCUT2D eigenvalue weighted by Gasteiger charge is 2.46. The Morgan fingerprint density at radius 1 is 1.04 bits per heavy atom. The lowest BCUT2D eigenvalue weighted by molar-refractivity contribution is -0.167. The fourth-order valence-electron chi connectivity index (χ4n) is 1.36. The zero-order valence-electron chi connectivity index (χ0n) is 11.2. The number of para-hydroxylation sites is 1. The van der Waals surface area contributed by atoms with Crippen LogP contribution in [0.15, 0.2) is 45.0 Å². The minimum atomic E-state index is -5.66. The molecule has 0 fully saturated rings. The second-order valence-corrected chi connectivity index (χ2v) is 4.33. The van der Waals surface area contributed by atoms with Gasteiger partial charge in [0.15, 0.2) is 0 Å². The molecule has 12 heteroatoms. The van der Waals surface area contributed by atoms with Crippen molar-refractivity contribution < 1.29 is 40.5 Å². The van der Waals surface area contributed by atoms with Crippen molar-refractivity contribution >= 4 is 34.8 Å². The Bertz CT molecular complexity index is 748. The number of hydrogen-bond donors (Lipinski definition) is 1. The summed E-state index contributed by atoms with van der Waals surface area (Å²) in [4.78, 5) is 14.4. The summed E-state index contributed by atoms with van der Waals surface area (Å²) < 4.78 is 88.1. The van der Waals surface area contributed by atoms with E-state index < -0.39 is 29.5 Å². The maximum atomic E-state index is 12.4. The molecule has 1 aromatic rings. The number of alkyl halides is 6. The van der Waals surface area contributed by atoms with Crippen molar-refractivity contribution in [3.8, 4) is 0 Å². The van der Waals surface area contributed by atoms with Gasteiger partial charge in [0, 0.05) is 6.21 Å².